The van der Waals surface area contributed by atoms with Crippen molar-refractivity contribution in [3.8, 4) is 0 Å². The number of fused-ring (bicyclic) bond motifs is 1. The highest BCUT2D eigenvalue weighted by molar-refractivity contribution is 7.80. The maximum Gasteiger partial charge on any atom is 0.265 e. The summed E-state index contributed by atoms with van der Waals surface area (Å²) in [6.07, 6.45) is 16.0. The zero-order valence-electron chi connectivity index (χ0n) is 17.5. The van der Waals surface area contributed by atoms with Gasteiger partial charge in [0.1, 0.15) is 5.57 Å². The molecule has 3 aliphatic carbocycles. The number of nitrogens with zero attached hydrogens (tertiary/aromatic N) is 1. The van der Waals surface area contributed by atoms with E-state index in [1.54, 1.807) is 7.05 Å². The Morgan fingerprint density at radius 2 is 1.76 bits per heavy atom. The number of rotatable bonds is 4. The monoisotopic (exact) mass is 418 g/mol. The number of thiocarbonyl (C=S) groups is 1. The fourth-order valence-corrected chi connectivity index (χ4v) is 5.99. The van der Waals surface area contributed by atoms with E-state index in [1.165, 1.54) is 49.8 Å². The lowest BCUT2D eigenvalue weighted by Crippen LogP contribution is -2.52. The first-order valence-corrected chi connectivity index (χ1v) is 11.9. The normalized spacial score (nSPS) is 37.4. The third-order valence-electron chi connectivity index (χ3n) is 7.64. The van der Waals surface area contributed by atoms with Crippen molar-refractivity contribution in [1.82, 2.24) is 10.2 Å². The predicted octanol–water partition coefficient (Wildman–Crippen LogP) is 3.97. The first-order chi connectivity index (χ1) is 14.0. The number of hydrogen-bond acceptors (Lipinski definition) is 4. The van der Waals surface area contributed by atoms with E-state index in [-0.39, 0.29) is 28.4 Å². The number of allylic oxidation sites excluding steroid dienone is 1. The van der Waals surface area contributed by atoms with Gasteiger partial charge in [-0.1, -0.05) is 31.8 Å². The summed E-state index contributed by atoms with van der Waals surface area (Å²) in [4.78, 5) is 25.8. The van der Waals surface area contributed by atoms with Crippen LogP contribution in [0.2, 0.25) is 0 Å². The number of amides is 2. The number of hydrogen-bond donors (Lipinski definition) is 1. The van der Waals surface area contributed by atoms with Gasteiger partial charge in [0.2, 0.25) is 0 Å². The van der Waals surface area contributed by atoms with Gasteiger partial charge in [0, 0.05) is 13.7 Å². The molecule has 1 saturated heterocycles. The first-order valence-electron chi connectivity index (χ1n) is 11.5. The molecule has 3 saturated carbocycles. The van der Waals surface area contributed by atoms with Crippen molar-refractivity contribution in [3.63, 3.8) is 0 Å². The Balaban J connectivity index is 1.22. The largest absolute Gasteiger partial charge is 0.378 e. The Labute approximate surface area is 179 Å². The summed E-state index contributed by atoms with van der Waals surface area (Å²) in [7, 11) is 1.60. The van der Waals surface area contributed by atoms with Crippen LogP contribution in [-0.2, 0) is 14.3 Å². The molecule has 0 aromatic heterocycles. The molecule has 160 valence electrons. The van der Waals surface area contributed by atoms with E-state index in [9.17, 15) is 9.59 Å². The minimum Gasteiger partial charge on any atom is -0.378 e. The Morgan fingerprint density at radius 3 is 2.52 bits per heavy atom. The van der Waals surface area contributed by atoms with Crippen molar-refractivity contribution < 1.29 is 14.3 Å². The van der Waals surface area contributed by atoms with Crippen LogP contribution >= 0.6 is 12.2 Å². The first kappa shape index (κ1) is 21.0. The molecule has 0 spiro atoms. The van der Waals surface area contributed by atoms with Crippen LogP contribution in [0.25, 0.3) is 0 Å². The standard InChI is InChI=1S/C23H34N2O3S/c1-25-22(27)20(21(26)24-23(25)29)13-15-7-10-19(11-8-15)28-14-16-6-9-17-4-2-3-5-18(17)12-16/h13,15-19H,2-12,14H2,1H3,(H,24,26,29)/b20-13+. The fourth-order valence-electron chi connectivity index (χ4n) is 5.82. The lowest BCUT2D eigenvalue weighted by Gasteiger charge is -2.39. The molecule has 4 fully saturated rings. The van der Waals surface area contributed by atoms with Gasteiger partial charge >= 0.3 is 0 Å². The zero-order valence-corrected chi connectivity index (χ0v) is 18.3. The Hall–Kier alpha value is -1.27. The highest BCUT2D eigenvalue weighted by atomic mass is 32.1. The molecule has 4 rings (SSSR count). The van der Waals surface area contributed by atoms with E-state index >= 15 is 0 Å². The molecule has 6 heteroatoms. The molecule has 2 amide bonds. The van der Waals surface area contributed by atoms with E-state index in [0.717, 1.165) is 50.0 Å². The average Bonchev–Trinajstić information content (AvgIpc) is 2.74. The predicted molar refractivity (Wildman–Crippen MR) is 116 cm³/mol. The van der Waals surface area contributed by atoms with Crippen molar-refractivity contribution in [2.24, 2.45) is 23.7 Å². The van der Waals surface area contributed by atoms with Gasteiger partial charge in [0.05, 0.1) is 6.10 Å². The molecular formula is C23H34N2O3S. The van der Waals surface area contributed by atoms with Crippen LogP contribution in [0, 0.1) is 23.7 Å². The SMILES string of the molecule is CN1C(=O)/C(=C/C2CCC(OCC3CCC4CCCCC4C3)CC2)C(=O)NC1=S. The second kappa shape index (κ2) is 9.25. The topological polar surface area (TPSA) is 58.6 Å². The van der Waals surface area contributed by atoms with Crippen LogP contribution in [0.15, 0.2) is 11.6 Å². The minimum atomic E-state index is -0.366. The number of likely N-dealkylation sites (N-methyl/N-ethyl adjacent to an activating group) is 1. The van der Waals surface area contributed by atoms with Crippen LogP contribution in [0.3, 0.4) is 0 Å². The van der Waals surface area contributed by atoms with Gasteiger partial charge in [-0.25, -0.2) is 0 Å². The van der Waals surface area contributed by atoms with Gasteiger partial charge in [-0.05, 0) is 80.8 Å². The van der Waals surface area contributed by atoms with Gasteiger partial charge in [-0.3, -0.25) is 19.8 Å². The minimum absolute atomic E-state index is 0.177. The summed E-state index contributed by atoms with van der Waals surface area (Å²) in [5.41, 5.74) is 0.231. The highest BCUT2D eigenvalue weighted by Gasteiger charge is 2.34. The number of carbonyl (C=O) groups is 2. The van der Waals surface area contributed by atoms with Crippen molar-refractivity contribution in [2.45, 2.75) is 76.7 Å². The fraction of sp³-hybridized carbons (Fsp3) is 0.783. The van der Waals surface area contributed by atoms with E-state index in [1.807, 2.05) is 6.08 Å². The summed E-state index contributed by atoms with van der Waals surface area (Å²) in [5, 5.41) is 2.77. The molecule has 3 atom stereocenters. The Morgan fingerprint density at radius 1 is 1.03 bits per heavy atom. The van der Waals surface area contributed by atoms with E-state index < -0.39 is 0 Å². The van der Waals surface area contributed by atoms with Gasteiger partial charge in [-0.2, -0.15) is 0 Å². The Bertz CT molecular complexity index is 684. The van der Waals surface area contributed by atoms with Gasteiger partial charge < -0.3 is 4.74 Å². The van der Waals surface area contributed by atoms with Crippen LogP contribution in [0.5, 0.6) is 0 Å². The number of ether oxygens (including phenoxy) is 1. The third kappa shape index (κ3) is 4.91. The van der Waals surface area contributed by atoms with Gasteiger partial charge in [0.15, 0.2) is 5.11 Å². The van der Waals surface area contributed by atoms with E-state index in [4.69, 9.17) is 17.0 Å². The molecule has 5 nitrogen and oxygen atoms in total. The van der Waals surface area contributed by atoms with Crippen molar-refractivity contribution in [3.05, 3.63) is 11.6 Å². The summed E-state index contributed by atoms with van der Waals surface area (Å²) in [5.74, 6) is 2.30. The summed E-state index contributed by atoms with van der Waals surface area (Å²) in [6, 6.07) is 0. The smallest absolute Gasteiger partial charge is 0.265 e. The Kier molecular flexibility index (Phi) is 6.69. The molecule has 1 heterocycles. The number of nitrogens with one attached hydrogen (secondary N) is 1. The molecule has 0 aromatic rings. The molecule has 0 radical (unpaired) electrons. The lowest BCUT2D eigenvalue weighted by atomic mass is 9.68. The molecule has 29 heavy (non-hydrogen) atoms. The summed E-state index contributed by atoms with van der Waals surface area (Å²) >= 11 is 5.00. The molecule has 3 unspecified atom stereocenters. The van der Waals surface area contributed by atoms with Crippen molar-refractivity contribution in [2.75, 3.05) is 13.7 Å². The molecule has 0 aromatic carbocycles. The number of carbonyl (C=O) groups excluding carboxylic acids is 2. The van der Waals surface area contributed by atoms with Gasteiger partial charge in [-0.15, -0.1) is 0 Å². The zero-order chi connectivity index (χ0) is 20.4. The van der Waals surface area contributed by atoms with Crippen LogP contribution in [-0.4, -0.2) is 41.6 Å². The molecule has 1 N–H and O–H groups in total. The van der Waals surface area contributed by atoms with E-state index in [0.29, 0.717) is 6.10 Å². The summed E-state index contributed by atoms with van der Waals surface area (Å²) in [6.45, 7) is 0.919. The van der Waals surface area contributed by atoms with Crippen molar-refractivity contribution in [1.29, 1.82) is 0 Å². The van der Waals surface area contributed by atoms with Crippen LogP contribution < -0.4 is 5.32 Å². The second-order valence-electron chi connectivity index (χ2n) is 9.56. The van der Waals surface area contributed by atoms with Gasteiger partial charge in [0.25, 0.3) is 11.8 Å². The molecule has 4 aliphatic rings. The van der Waals surface area contributed by atoms with Crippen LogP contribution in [0.1, 0.15) is 70.6 Å². The highest BCUT2D eigenvalue weighted by Crippen LogP contribution is 2.43. The van der Waals surface area contributed by atoms with Crippen molar-refractivity contribution >= 4 is 29.1 Å². The lowest BCUT2D eigenvalue weighted by molar-refractivity contribution is -0.128. The average molecular weight is 419 g/mol. The molecule has 0 bridgehead atoms. The molecule has 1 aliphatic heterocycles. The second-order valence-corrected chi connectivity index (χ2v) is 9.94. The summed E-state index contributed by atoms with van der Waals surface area (Å²) < 4.78 is 6.32. The van der Waals surface area contributed by atoms with E-state index in [2.05, 4.69) is 5.32 Å². The van der Waals surface area contributed by atoms with Crippen LogP contribution in [0.4, 0.5) is 0 Å². The quantitative estimate of drug-likeness (QED) is 0.426. The maximum atomic E-state index is 12.3. The maximum absolute atomic E-state index is 12.3. The third-order valence-corrected chi connectivity index (χ3v) is 8.02. The molecular weight excluding hydrogens is 384 g/mol.